The number of hydrogen-bond acceptors (Lipinski definition) is 9. The molecule has 0 aliphatic heterocycles. The number of phosphoric acid groups is 1. The number of carbonyl (C=O) groups excluding carboxylic acids is 2. The van der Waals surface area contributed by atoms with Crippen molar-refractivity contribution in [3.8, 4) is 0 Å². The fraction of sp³-hybridized carbons (Fsp3) is 0.750. The van der Waals surface area contributed by atoms with Crippen LogP contribution in [0, 0.1) is 0 Å². The SMILES string of the molecule is CC/C=C\C/C=C\C/C=C\C/C=C\C[C@H](O)[C@@H](O)CCCC(=O)OC[C@H](COP(=O)(O)OCC[N+](C)(C)C)OC(=O)CCCCCCCCC/C=C\CCCCCCCC. The van der Waals surface area contributed by atoms with E-state index in [9.17, 15) is 29.3 Å². The highest BCUT2D eigenvalue weighted by molar-refractivity contribution is 7.47. The van der Waals surface area contributed by atoms with E-state index in [1.54, 1.807) is 0 Å². The molecule has 4 atom stereocenters. The van der Waals surface area contributed by atoms with Gasteiger partial charge in [0, 0.05) is 12.8 Å². The molecule has 0 aromatic carbocycles. The zero-order valence-corrected chi connectivity index (χ0v) is 39.3. The first-order valence-corrected chi connectivity index (χ1v) is 24.7. The summed E-state index contributed by atoms with van der Waals surface area (Å²) < 4.78 is 34.1. The lowest BCUT2D eigenvalue weighted by Crippen LogP contribution is -2.37. The number of phosphoric ester groups is 1. The molecule has 0 radical (unpaired) electrons. The van der Waals surface area contributed by atoms with E-state index < -0.39 is 44.7 Å². The molecule has 0 bridgehead atoms. The average molecular weight is 869 g/mol. The van der Waals surface area contributed by atoms with Crippen LogP contribution in [-0.2, 0) is 32.7 Å². The molecule has 348 valence electrons. The van der Waals surface area contributed by atoms with Crippen molar-refractivity contribution in [3.63, 3.8) is 0 Å². The number of unbranched alkanes of at least 4 members (excludes halogenated alkanes) is 13. The smallest absolute Gasteiger partial charge is 0.462 e. The summed E-state index contributed by atoms with van der Waals surface area (Å²) >= 11 is 0. The molecule has 0 aromatic rings. The first-order valence-electron chi connectivity index (χ1n) is 23.2. The number of aliphatic hydroxyl groups is 2. The van der Waals surface area contributed by atoms with Gasteiger partial charge in [-0.3, -0.25) is 18.6 Å². The van der Waals surface area contributed by atoms with E-state index in [-0.39, 0.29) is 38.9 Å². The third kappa shape index (κ3) is 41.0. The average Bonchev–Trinajstić information content (AvgIpc) is 3.19. The molecule has 12 heteroatoms. The van der Waals surface area contributed by atoms with Crippen molar-refractivity contribution in [2.45, 2.75) is 186 Å². The maximum absolute atomic E-state index is 12.7. The lowest BCUT2D eigenvalue weighted by atomic mass is 10.0. The summed E-state index contributed by atoms with van der Waals surface area (Å²) in [5.41, 5.74) is 0. The quantitative estimate of drug-likeness (QED) is 0.0178. The summed E-state index contributed by atoms with van der Waals surface area (Å²) in [6, 6.07) is 0. The van der Waals surface area contributed by atoms with Crippen LogP contribution < -0.4 is 0 Å². The Bertz CT molecular complexity index is 1240. The van der Waals surface area contributed by atoms with E-state index in [2.05, 4.69) is 62.5 Å². The highest BCUT2D eigenvalue weighted by Gasteiger charge is 2.27. The Morgan fingerprint density at radius 3 is 1.68 bits per heavy atom. The lowest BCUT2D eigenvalue weighted by Gasteiger charge is -2.24. The Labute approximate surface area is 365 Å². The molecule has 0 fully saturated rings. The van der Waals surface area contributed by atoms with Crippen LogP contribution in [0.2, 0.25) is 0 Å². The van der Waals surface area contributed by atoms with E-state index in [0.717, 1.165) is 51.4 Å². The third-order valence-corrected chi connectivity index (χ3v) is 10.7. The van der Waals surface area contributed by atoms with Crippen LogP contribution in [0.4, 0.5) is 0 Å². The molecule has 3 N–H and O–H groups in total. The summed E-state index contributed by atoms with van der Waals surface area (Å²) in [4.78, 5) is 35.5. The van der Waals surface area contributed by atoms with Gasteiger partial charge in [0.1, 0.15) is 19.8 Å². The number of rotatable bonds is 41. The van der Waals surface area contributed by atoms with Crippen molar-refractivity contribution in [2.24, 2.45) is 0 Å². The highest BCUT2D eigenvalue weighted by atomic mass is 31.2. The van der Waals surface area contributed by atoms with E-state index in [0.29, 0.717) is 23.9 Å². The maximum atomic E-state index is 12.7. The summed E-state index contributed by atoms with van der Waals surface area (Å²) in [6.45, 7) is 3.96. The molecule has 0 saturated heterocycles. The van der Waals surface area contributed by atoms with Crippen molar-refractivity contribution >= 4 is 19.8 Å². The van der Waals surface area contributed by atoms with Crippen molar-refractivity contribution < 1.29 is 52.3 Å². The zero-order valence-electron chi connectivity index (χ0n) is 38.4. The van der Waals surface area contributed by atoms with Gasteiger partial charge in [0.25, 0.3) is 0 Å². The molecule has 0 spiro atoms. The van der Waals surface area contributed by atoms with Crippen LogP contribution in [-0.4, -0.2) is 97.3 Å². The predicted octanol–water partition coefficient (Wildman–Crippen LogP) is 11.2. The summed E-state index contributed by atoms with van der Waals surface area (Å²) in [7, 11) is 1.31. The Kier molecular flexibility index (Phi) is 37.9. The van der Waals surface area contributed by atoms with Gasteiger partial charge < -0.3 is 29.1 Å². The Balaban J connectivity index is 4.57. The van der Waals surface area contributed by atoms with E-state index >= 15 is 0 Å². The molecule has 1 unspecified atom stereocenters. The van der Waals surface area contributed by atoms with Crippen LogP contribution in [0.25, 0.3) is 0 Å². The standard InChI is InChI=1S/C48H86NO10P/c1-6-8-10-12-14-16-18-20-21-22-23-24-26-28-30-32-34-38-48(53)59-44(43-58-60(54,55)57-41-40-49(3,4)5)42-56-47(52)39-35-37-46(51)45(50)36-33-31-29-27-25-19-17-15-13-11-9-7-2/h9,11,15,17,20-21,25,27,31,33,44-46,50-51H,6-8,10,12-14,16,18-19,22-24,26,28-30,32,34-43H2,1-5H3/p+1/b11-9-,17-15-,21-20-,27-25-,33-31-/t44-,45+,46+/m1/s1. The topological polar surface area (TPSA) is 149 Å². The number of ether oxygens (including phenoxy) is 2. The number of nitrogens with zero attached hydrogens (tertiary/aromatic N) is 1. The lowest BCUT2D eigenvalue weighted by molar-refractivity contribution is -0.870. The number of allylic oxidation sites excluding steroid dienone is 9. The van der Waals surface area contributed by atoms with Crippen molar-refractivity contribution in [2.75, 3.05) is 47.5 Å². The zero-order chi connectivity index (χ0) is 44.6. The van der Waals surface area contributed by atoms with Gasteiger partial charge in [0.05, 0.1) is 40.0 Å². The number of quaternary nitrogens is 1. The summed E-state index contributed by atoms with van der Waals surface area (Å²) in [5, 5.41) is 20.7. The van der Waals surface area contributed by atoms with E-state index in [1.807, 2.05) is 33.3 Å². The van der Waals surface area contributed by atoms with Crippen LogP contribution in [0.5, 0.6) is 0 Å². The van der Waals surface area contributed by atoms with Crippen molar-refractivity contribution in [1.82, 2.24) is 0 Å². The molecule has 0 saturated carbocycles. The van der Waals surface area contributed by atoms with Gasteiger partial charge in [-0.15, -0.1) is 0 Å². The molecular formula is C48H87NO10P+. The van der Waals surface area contributed by atoms with E-state index in [4.69, 9.17) is 18.5 Å². The molecule has 0 rings (SSSR count). The van der Waals surface area contributed by atoms with E-state index in [1.165, 1.54) is 64.2 Å². The molecule has 0 amide bonds. The van der Waals surface area contributed by atoms with Gasteiger partial charge in [0.2, 0.25) is 0 Å². The molecule has 0 aromatic heterocycles. The fourth-order valence-corrected chi connectivity index (χ4v) is 6.72. The Morgan fingerprint density at radius 1 is 0.600 bits per heavy atom. The van der Waals surface area contributed by atoms with Crippen LogP contribution >= 0.6 is 7.82 Å². The van der Waals surface area contributed by atoms with Gasteiger partial charge in [-0.1, -0.05) is 139 Å². The Hall–Kier alpha value is -2.37. The summed E-state index contributed by atoms with van der Waals surface area (Å²) in [5.74, 6) is -1.09. The first-order chi connectivity index (χ1) is 28.8. The number of likely N-dealkylation sites (N-methyl/N-ethyl adjacent to an activating group) is 1. The maximum Gasteiger partial charge on any atom is 0.472 e. The summed E-state index contributed by atoms with van der Waals surface area (Å²) in [6.07, 6.45) is 40.1. The molecule has 11 nitrogen and oxygen atoms in total. The van der Waals surface area contributed by atoms with Crippen LogP contribution in [0.1, 0.15) is 168 Å². The monoisotopic (exact) mass is 869 g/mol. The van der Waals surface area contributed by atoms with Gasteiger partial charge >= 0.3 is 19.8 Å². The molecule has 0 heterocycles. The molecular weight excluding hydrogens is 781 g/mol. The fourth-order valence-electron chi connectivity index (χ4n) is 5.98. The second-order valence-electron chi connectivity index (χ2n) is 16.7. The second-order valence-corrected chi connectivity index (χ2v) is 18.2. The molecule has 60 heavy (non-hydrogen) atoms. The minimum absolute atomic E-state index is 0.0168. The molecule has 0 aliphatic rings. The van der Waals surface area contributed by atoms with Crippen molar-refractivity contribution in [1.29, 1.82) is 0 Å². The number of aliphatic hydroxyl groups excluding tert-OH is 2. The number of hydrogen-bond donors (Lipinski definition) is 3. The largest absolute Gasteiger partial charge is 0.472 e. The minimum atomic E-state index is -4.45. The molecule has 0 aliphatic carbocycles. The van der Waals surface area contributed by atoms with Gasteiger partial charge in [-0.2, -0.15) is 0 Å². The number of esters is 2. The third-order valence-electron chi connectivity index (χ3n) is 9.73. The van der Waals surface area contributed by atoms with Gasteiger partial charge in [-0.25, -0.2) is 4.57 Å². The van der Waals surface area contributed by atoms with Crippen LogP contribution in [0.15, 0.2) is 60.8 Å². The Morgan fingerprint density at radius 2 is 1.12 bits per heavy atom. The van der Waals surface area contributed by atoms with Gasteiger partial charge in [0.15, 0.2) is 6.10 Å². The van der Waals surface area contributed by atoms with Gasteiger partial charge in [-0.05, 0) is 77.0 Å². The highest BCUT2D eigenvalue weighted by Crippen LogP contribution is 2.43. The normalized spacial score (nSPS) is 15.1. The van der Waals surface area contributed by atoms with Crippen LogP contribution in [0.3, 0.4) is 0 Å². The second kappa shape index (κ2) is 39.5. The predicted molar refractivity (Wildman–Crippen MR) is 245 cm³/mol. The van der Waals surface area contributed by atoms with Crippen molar-refractivity contribution in [3.05, 3.63) is 60.8 Å². The minimum Gasteiger partial charge on any atom is -0.462 e. The number of carbonyl (C=O) groups is 2. The first kappa shape index (κ1) is 57.6.